The molecule has 2 rings (SSSR count). The third-order valence-electron chi connectivity index (χ3n) is 3.34. The van der Waals surface area contributed by atoms with E-state index in [0.29, 0.717) is 11.6 Å². The molecule has 0 bridgehead atoms. The highest BCUT2D eigenvalue weighted by Gasteiger charge is 2.40. The fraction of sp³-hybridized carbons (Fsp3) is 0.500. The minimum absolute atomic E-state index is 0.0788. The molecule has 0 aliphatic carbocycles. The van der Waals surface area contributed by atoms with Crippen LogP contribution in [0.4, 0.5) is 5.82 Å². The number of hydrogen-bond acceptors (Lipinski definition) is 3. The molecule has 1 aromatic heterocycles. The van der Waals surface area contributed by atoms with Crippen molar-refractivity contribution >= 4 is 39.3 Å². The van der Waals surface area contributed by atoms with Crippen LogP contribution in [0.3, 0.4) is 0 Å². The third kappa shape index (κ3) is 2.47. The number of nitrogens with zero attached hydrogens (tertiary/aromatic N) is 2. The van der Waals surface area contributed by atoms with E-state index in [4.69, 9.17) is 11.6 Å². The summed E-state index contributed by atoms with van der Waals surface area (Å²) in [7, 11) is 1.67. The quantitative estimate of drug-likeness (QED) is 0.905. The van der Waals surface area contributed by atoms with Crippen molar-refractivity contribution in [1.82, 2.24) is 10.3 Å². The Kier molecular flexibility index (Phi) is 3.82. The first kappa shape index (κ1) is 13.6. The van der Waals surface area contributed by atoms with E-state index in [1.165, 1.54) is 0 Å². The van der Waals surface area contributed by atoms with E-state index in [9.17, 15) is 4.79 Å². The molecule has 6 heteroatoms. The van der Waals surface area contributed by atoms with Crippen LogP contribution in [0.1, 0.15) is 13.3 Å². The molecule has 1 atom stereocenters. The molecule has 1 unspecified atom stereocenters. The molecule has 18 heavy (non-hydrogen) atoms. The van der Waals surface area contributed by atoms with Gasteiger partial charge in [0.15, 0.2) is 0 Å². The summed E-state index contributed by atoms with van der Waals surface area (Å²) in [5.74, 6) is 0.919. The Morgan fingerprint density at radius 1 is 1.67 bits per heavy atom. The minimum Gasteiger partial charge on any atom is -0.359 e. The van der Waals surface area contributed by atoms with E-state index >= 15 is 0 Å². The van der Waals surface area contributed by atoms with Gasteiger partial charge in [0.05, 0.1) is 14.9 Å². The SMILES string of the molecule is CNC(=O)C1(C)CCN(c2ncc(Cl)cc2Br)C1. The molecule has 0 radical (unpaired) electrons. The highest BCUT2D eigenvalue weighted by molar-refractivity contribution is 9.10. The summed E-state index contributed by atoms with van der Waals surface area (Å²) in [4.78, 5) is 18.3. The van der Waals surface area contributed by atoms with Gasteiger partial charge in [0, 0.05) is 26.3 Å². The van der Waals surface area contributed by atoms with Gasteiger partial charge in [0.1, 0.15) is 5.82 Å². The van der Waals surface area contributed by atoms with Gasteiger partial charge in [0.25, 0.3) is 0 Å². The summed E-state index contributed by atoms with van der Waals surface area (Å²) in [6.45, 7) is 3.46. The van der Waals surface area contributed by atoms with Crippen LogP contribution in [-0.2, 0) is 4.79 Å². The largest absolute Gasteiger partial charge is 0.359 e. The summed E-state index contributed by atoms with van der Waals surface area (Å²) in [5, 5.41) is 3.32. The molecule has 2 heterocycles. The Labute approximate surface area is 120 Å². The number of carbonyl (C=O) groups excluding carboxylic acids is 1. The second kappa shape index (κ2) is 5.05. The Hall–Kier alpha value is -0.810. The van der Waals surface area contributed by atoms with E-state index in [-0.39, 0.29) is 11.3 Å². The van der Waals surface area contributed by atoms with Crippen LogP contribution in [0, 0.1) is 5.41 Å². The van der Waals surface area contributed by atoms with Crippen LogP contribution >= 0.6 is 27.5 Å². The average Bonchev–Trinajstić information content (AvgIpc) is 2.72. The van der Waals surface area contributed by atoms with E-state index in [2.05, 4.69) is 31.1 Å². The van der Waals surface area contributed by atoms with E-state index in [0.717, 1.165) is 23.3 Å². The maximum atomic E-state index is 11.9. The maximum Gasteiger partial charge on any atom is 0.227 e. The lowest BCUT2D eigenvalue weighted by Crippen LogP contribution is -2.39. The summed E-state index contributed by atoms with van der Waals surface area (Å²) in [6, 6.07) is 1.82. The number of amides is 1. The van der Waals surface area contributed by atoms with Gasteiger partial charge in [0.2, 0.25) is 5.91 Å². The van der Waals surface area contributed by atoms with Crippen LogP contribution in [0.2, 0.25) is 5.02 Å². The molecular weight excluding hydrogens is 318 g/mol. The number of halogens is 2. The average molecular weight is 333 g/mol. The zero-order valence-corrected chi connectivity index (χ0v) is 12.7. The highest BCUT2D eigenvalue weighted by Crippen LogP contribution is 2.36. The number of carbonyl (C=O) groups is 1. The predicted molar refractivity (Wildman–Crippen MR) is 76.0 cm³/mol. The third-order valence-corrected chi connectivity index (χ3v) is 4.13. The lowest BCUT2D eigenvalue weighted by molar-refractivity contribution is -0.128. The molecule has 1 aliphatic rings. The summed E-state index contributed by atoms with van der Waals surface area (Å²) in [6.07, 6.45) is 2.45. The Balaban J connectivity index is 2.20. The number of pyridine rings is 1. The molecule has 1 amide bonds. The van der Waals surface area contributed by atoms with Crippen molar-refractivity contribution in [3.05, 3.63) is 21.8 Å². The monoisotopic (exact) mass is 331 g/mol. The van der Waals surface area contributed by atoms with Gasteiger partial charge >= 0.3 is 0 Å². The molecule has 4 nitrogen and oxygen atoms in total. The first-order valence-corrected chi connectivity index (χ1v) is 6.91. The Morgan fingerprint density at radius 3 is 3.00 bits per heavy atom. The maximum absolute atomic E-state index is 11.9. The lowest BCUT2D eigenvalue weighted by atomic mass is 9.89. The molecule has 1 aromatic rings. The second-order valence-corrected chi connectivity index (χ2v) is 6.06. The van der Waals surface area contributed by atoms with Crippen molar-refractivity contribution in [3.63, 3.8) is 0 Å². The highest BCUT2D eigenvalue weighted by atomic mass is 79.9. The molecule has 0 spiro atoms. The minimum atomic E-state index is -0.352. The van der Waals surface area contributed by atoms with Gasteiger partial charge in [-0.2, -0.15) is 0 Å². The number of anilines is 1. The molecule has 1 N–H and O–H groups in total. The van der Waals surface area contributed by atoms with E-state index in [1.807, 2.05) is 13.0 Å². The predicted octanol–water partition coefficient (Wildman–Crippen LogP) is 2.46. The van der Waals surface area contributed by atoms with Crippen LogP contribution in [-0.4, -0.2) is 31.0 Å². The molecule has 0 saturated carbocycles. The van der Waals surface area contributed by atoms with Crippen molar-refractivity contribution in [2.24, 2.45) is 5.41 Å². The van der Waals surface area contributed by atoms with Crippen LogP contribution in [0.5, 0.6) is 0 Å². The van der Waals surface area contributed by atoms with Crippen LogP contribution < -0.4 is 10.2 Å². The first-order valence-electron chi connectivity index (χ1n) is 5.74. The normalized spacial score (nSPS) is 23.2. The summed E-state index contributed by atoms with van der Waals surface area (Å²) >= 11 is 9.34. The summed E-state index contributed by atoms with van der Waals surface area (Å²) < 4.78 is 0.858. The number of rotatable bonds is 2. The smallest absolute Gasteiger partial charge is 0.227 e. The van der Waals surface area contributed by atoms with Gasteiger partial charge in [-0.15, -0.1) is 0 Å². The van der Waals surface area contributed by atoms with E-state index < -0.39 is 0 Å². The van der Waals surface area contributed by atoms with Crippen molar-refractivity contribution in [2.45, 2.75) is 13.3 Å². The first-order chi connectivity index (χ1) is 8.46. The molecule has 0 aromatic carbocycles. The zero-order valence-electron chi connectivity index (χ0n) is 10.3. The summed E-state index contributed by atoms with van der Waals surface area (Å²) in [5.41, 5.74) is -0.352. The fourth-order valence-electron chi connectivity index (χ4n) is 2.27. The molecule has 1 saturated heterocycles. The fourth-order valence-corrected chi connectivity index (χ4v) is 3.16. The lowest BCUT2D eigenvalue weighted by Gasteiger charge is -2.23. The molecule has 1 fully saturated rings. The van der Waals surface area contributed by atoms with Crippen molar-refractivity contribution < 1.29 is 4.79 Å². The zero-order chi connectivity index (χ0) is 13.3. The van der Waals surface area contributed by atoms with Crippen molar-refractivity contribution in [1.29, 1.82) is 0 Å². The molecule has 98 valence electrons. The Bertz CT molecular complexity index is 482. The van der Waals surface area contributed by atoms with Crippen LogP contribution in [0.25, 0.3) is 0 Å². The number of hydrogen-bond donors (Lipinski definition) is 1. The van der Waals surface area contributed by atoms with Gasteiger partial charge in [-0.05, 0) is 35.3 Å². The Morgan fingerprint density at radius 2 is 2.39 bits per heavy atom. The second-order valence-electron chi connectivity index (χ2n) is 4.77. The standard InChI is InChI=1S/C12H15BrClN3O/c1-12(11(18)15-2)3-4-17(7-12)10-9(13)5-8(14)6-16-10/h5-6H,3-4,7H2,1-2H3,(H,15,18). The van der Waals surface area contributed by atoms with Gasteiger partial charge in [-0.1, -0.05) is 11.6 Å². The van der Waals surface area contributed by atoms with E-state index in [1.54, 1.807) is 13.2 Å². The van der Waals surface area contributed by atoms with Gasteiger partial charge in [-0.3, -0.25) is 4.79 Å². The van der Waals surface area contributed by atoms with Gasteiger partial charge < -0.3 is 10.2 Å². The molecular formula is C12H15BrClN3O. The van der Waals surface area contributed by atoms with Crippen molar-refractivity contribution in [2.75, 3.05) is 25.0 Å². The molecule has 1 aliphatic heterocycles. The number of aromatic nitrogens is 1. The topological polar surface area (TPSA) is 45.2 Å². The van der Waals surface area contributed by atoms with Crippen molar-refractivity contribution in [3.8, 4) is 0 Å². The van der Waals surface area contributed by atoms with Gasteiger partial charge in [-0.25, -0.2) is 4.98 Å². The van der Waals surface area contributed by atoms with Crippen LogP contribution in [0.15, 0.2) is 16.7 Å². The number of nitrogens with one attached hydrogen (secondary N) is 1.